The number of rotatable bonds is 1. The first-order valence-corrected chi connectivity index (χ1v) is 9.81. The molecule has 30 heavy (non-hydrogen) atoms. The topological polar surface area (TPSA) is 38.7 Å². The van der Waals surface area contributed by atoms with Crippen molar-refractivity contribution in [3.8, 4) is 11.1 Å². The zero-order valence-corrected chi connectivity index (χ0v) is 16.3. The molecule has 2 aromatic heterocycles. The Bertz CT molecular complexity index is 1730. The summed E-state index contributed by atoms with van der Waals surface area (Å²) in [5, 5.41) is 3.72. The second-order valence-corrected chi connectivity index (χ2v) is 7.64. The van der Waals surface area contributed by atoms with Crippen molar-refractivity contribution < 1.29 is 0 Å². The molecule has 0 spiro atoms. The van der Waals surface area contributed by atoms with Crippen LogP contribution >= 0.6 is 11.6 Å². The number of fused-ring (bicyclic) bond motifs is 4. The highest BCUT2D eigenvalue weighted by Gasteiger charge is 2.19. The van der Waals surface area contributed by atoms with Crippen LogP contribution in [0.15, 0.2) is 77.6 Å². The molecule has 0 aliphatic rings. The van der Waals surface area contributed by atoms with E-state index in [0.29, 0.717) is 32.8 Å². The molecule has 4 aromatic carbocycles. The lowest BCUT2D eigenvalue weighted by molar-refractivity contribution is 1.19. The van der Waals surface area contributed by atoms with Crippen molar-refractivity contribution in [2.75, 3.05) is 0 Å². The summed E-state index contributed by atoms with van der Waals surface area (Å²) < 4.78 is 1.61. The van der Waals surface area contributed by atoms with Gasteiger partial charge in [0.25, 0.3) is 5.56 Å². The van der Waals surface area contributed by atoms with Gasteiger partial charge in [0.15, 0.2) is 5.69 Å². The van der Waals surface area contributed by atoms with Crippen molar-refractivity contribution >= 4 is 55.5 Å². The lowest BCUT2D eigenvalue weighted by Crippen LogP contribution is -2.13. The molecule has 4 nitrogen and oxygen atoms in total. The van der Waals surface area contributed by atoms with Gasteiger partial charge in [-0.2, -0.15) is 0 Å². The third-order valence-corrected chi connectivity index (χ3v) is 5.95. The van der Waals surface area contributed by atoms with Crippen LogP contribution in [-0.2, 0) is 0 Å². The average Bonchev–Trinajstić information content (AvgIpc) is 3.17. The Balaban J connectivity index is 1.87. The van der Waals surface area contributed by atoms with E-state index >= 15 is 0 Å². The van der Waals surface area contributed by atoms with Gasteiger partial charge >= 0.3 is 0 Å². The third kappa shape index (κ3) is 2.15. The van der Waals surface area contributed by atoms with E-state index in [0.717, 1.165) is 27.3 Å². The molecule has 5 heteroatoms. The van der Waals surface area contributed by atoms with Gasteiger partial charge in [-0.15, -0.1) is 0 Å². The number of imidazole rings is 1. The predicted molar refractivity (Wildman–Crippen MR) is 122 cm³/mol. The van der Waals surface area contributed by atoms with Crippen molar-refractivity contribution in [2.45, 2.75) is 0 Å². The highest BCUT2D eigenvalue weighted by molar-refractivity contribution is 6.39. The van der Waals surface area contributed by atoms with E-state index in [1.54, 1.807) is 22.6 Å². The van der Waals surface area contributed by atoms with Crippen LogP contribution < -0.4 is 5.56 Å². The number of hydrogen-bond donors (Lipinski definition) is 0. The molecule has 6 aromatic rings. The number of aromatic nitrogens is 2. The Morgan fingerprint density at radius 1 is 0.900 bits per heavy atom. The summed E-state index contributed by atoms with van der Waals surface area (Å²) in [6.45, 7) is 7.30. The van der Waals surface area contributed by atoms with Crippen molar-refractivity contribution in [3.05, 3.63) is 99.6 Å². The minimum Gasteiger partial charge on any atom is -0.268 e. The SMILES string of the molecule is [C-]#[N+]c1ccc2nc3c4ccc(Cl)c5c(-c6ccccc6)ccc(c(=O)n3c2c1)c54. The maximum Gasteiger partial charge on any atom is 0.264 e. The van der Waals surface area contributed by atoms with Gasteiger partial charge in [-0.1, -0.05) is 54.1 Å². The number of hydrogen-bond acceptors (Lipinski definition) is 2. The standard InChI is InChI=1S/C25H12ClN3O/c1-27-15-7-12-20-21(13-15)29-24(28-20)17-10-11-19(26)23-16(14-5-3-2-4-6-14)8-9-18(22(17)23)25(29)30/h2-13H. The molecule has 0 radical (unpaired) electrons. The quantitative estimate of drug-likeness (QED) is 0.294. The third-order valence-electron chi connectivity index (χ3n) is 5.64. The molecule has 0 saturated carbocycles. The maximum absolute atomic E-state index is 13.5. The first-order chi connectivity index (χ1) is 14.7. The van der Waals surface area contributed by atoms with Gasteiger partial charge in [-0.25, -0.2) is 9.83 Å². The molecule has 0 bridgehead atoms. The second-order valence-electron chi connectivity index (χ2n) is 7.23. The Labute approximate surface area is 175 Å². The summed E-state index contributed by atoms with van der Waals surface area (Å²) in [6.07, 6.45) is 0. The second kappa shape index (κ2) is 6.03. The normalized spacial score (nSPS) is 11.6. The van der Waals surface area contributed by atoms with Crippen LogP contribution in [0.3, 0.4) is 0 Å². The Morgan fingerprint density at radius 3 is 2.50 bits per heavy atom. The Kier molecular flexibility index (Phi) is 3.41. The average molecular weight is 406 g/mol. The van der Waals surface area contributed by atoms with Gasteiger partial charge in [0.2, 0.25) is 0 Å². The molecule has 0 unspecified atom stereocenters. The zero-order valence-electron chi connectivity index (χ0n) is 15.6. The summed E-state index contributed by atoms with van der Waals surface area (Å²) >= 11 is 6.66. The van der Waals surface area contributed by atoms with Gasteiger partial charge < -0.3 is 0 Å². The largest absolute Gasteiger partial charge is 0.268 e. The predicted octanol–water partition coefficient (Wildman–Crippen LogP) is 6.46. The zero-order chi connectivity index (χ0) is 20.4. The summed E-state index contributed by atoms with van der Waals surface area (Å²) in [4.78, 5) is 21.8. The lowest BCUT2D eigenvalue weighted by Gasteiger charge is -2.13. The van der Waals surface area contributed by atoms with Gasteiger partial charge in [0.05, 0.1) is 17.6 Å². The molecule has 0 N–H and O–H groups in total. The molecule has 0 aliphatic heterocycles. The molecule has 2 heterocycles. The van der Waals surface area contributed by atoms with Crippen molar-refractivity contribution in [1.82, 2.24) is 9.38 Å². The summed E-state index contributed by atoms with van der Waals surface area (Å²) in [5.41, 5.74) is 4.24. The molecule has 0 aliphatic carbocycles. The van der Waals surface area contributed by atoms with Gasteiger partial charge in [-0.3, -0.25) is 9.20 Å². The van der Waals surface area contributed by atoms with E-state index in [2.05, 4.69) is 4.85 Å². The van der Waals surface area contributed by atoms with Crippen LogP contribution in [0.25, 0.3) is 54.2 Å². The van der Waals surface area contributed by atoms with Crippen LogP contribution in [0.2, 0.25) is 5.02 Å². The summed E-state index contributed by atoms with van der Waals surface area (Å²) in [7, 11) is 0. The molecular formula is C25H12ClN3O. The molecular weight excluding hydrogens is 394 g/mol. The van der Waals surface area contributed by atoms with E-state index in [1.165, 1.54) is 0 Å². The lowest BCUT2D eigenvalue weighted by atomic mass is 9.94. The molecule has 6 rings (SSSR count). The fourth-order valence-electron chi connectivity index (χ4n) is 4.32. The van der Waals surface area contributed by atoms with Crippen molar-refractivity contribution in [1.29, 1.82) is 0 Å². The van der Waals surface area contributed by atoms with Gasteiger partial charge in [0, 0.05) is 26.6 Å². The molecule has 140 valence electrons. The first kappa shape index (κ1) is 17.0. The number of benzene rings is 4. The summed E-state index contributed by atoms with van der Waals surface area (Å²) in [5.74, 6) is 0. The number of halogens is 1. The van der Waals surface area contributed by atoms with Crippen LogP contribution in [0.4, 0.5) is 5.69 Å². The van der Waals surface area contributed by atoms with Crippen LogP contribution in [0.5, 0.6) is 0 Å². The van der Waals surface area contributed by atoms with Gasteiger partial charge in [0.1, 0.15) is 5.65 Å². The van der Waals surface area contributed by atoms with E-state index in [1.807, 2.05) is 54.6 Å². The minimum atomic E-state index is -0.158. The molecule has 0 amide bonds. The number of pyridine rings is 1. The Morgan fingerprint density at radius 2 is 1.70 bits per heavy atom. The van der Waals surface area contributed by atoms with E-state index in [9.17, 15) is 4.79 Å². The van der Waals surface area contributed by atoms with E-state index in [4.69, 9.17) is 23.2 Å². The smallest absolute Gasteiger partial charge is 0.264 e. The maximum atomic E-state index is 13.5. The monoisotopic (exact) mass is 405 g/mol. The van der Waals surface area contributed by atoms with Crippen LogP contribution in [0, 0.1) is 6.57 Å². The highest BCUT2D eigenvalue weighted by atomic mass is 35.5. The van der Waals surface area contributed by atoms with Crippen LogP contribution in [-0.4, -0.2) is 9.38 Å². The molecule has 0 saturated heterocycles. The molecule has 0 atom stereocenters. The van der Waals surface area contributed by atoms with Crippen LogP contribution in [0.1, 0.15) is 0 Å². The minimum absolute atomic E-state index is 0.158. The van der Waals surface area contributed by atoms with E-state index in [-0.39, 0.29) is 5.56 Å². The highest BCUT2D eigenvalue weighted by Crippen LogP contribution is 2.39. The van der Waals surface area contributed by atoms with Crippen molar-refractivity contribution in [3.63, 3.8) is 0 Å². The fourth-order valence-corrected chi connectivity index (χ4v) is 4.58. The molecule has 0 fully saturated rings. The Hall–Kier alpha value is -3.94. The van der Waals surface area contributed by atoms with Gasteiger partial charge in [-0.05, 0) is 41.5 Å². The summed E-state index contributed by atoms with van der Waals surface area (Å²) in [6, 6.07) is 22.8. The first-order valence-electron chi connectivity index (χ1n) is 9.43. The van der Waals surface area contributed by atoms with E-state index < -0.39 is 0 Å². The fraction of sp³-hybridized carbons (Fsp3) is 0. The van der Waals surface area contributed by atoms with Crippen molar-refractivity contribution in [2.24, 2.45) is 0 Å². The number of nitrogens with zero attached hydrogens (tertiary/aromatic N) is 3.